The Balaban J connectivity index is 2.36. The molecule has 0 aliphatic carbocycles. The minimum Gasteiger partial charge on any atom is -0.388 e. The molecule has 0 spiro atoms. The Morgan fingerprint density at radius 1 is 1.25 bits per heavy atom. The van der Waals surface area contributed by atoms with Gasteiger partial charge in [0.15, 0.2) is 0 Å². The summed E-state index contributed by atoms with van der Waals surface area (Å²) in [4.78, 5) is 11.8. The van der Waals surface area contributed by atoms with Gasteiger partial charge in [0.1, 0.15) is 0 Å². The zero-order valence-corrected chi connectivity index (χ0v) is 13.0. The van der Waals surface area contributed by atoms with Crippen molar-refractivity contribution in [3.05, 3.63) is 35.9 Å². The van der Waals surface area contributed by atoms with Gasteiger partial charge in [0, 0.05) is 12.5 Å². The summed E-state index contributed by atoms with van der Waals surface area (Å²) in [7, 11) is 0. The van der Waals surface area contributed by atoms with Crippen molar-refractivity contribution in [3.8, 4) is 0 Å². The average molecular weight is 277 g/mol. The third kappa shape index (κ3) is 6.71. The van der Waals surface area contributed by atoms with Crippen molar-refractivity contribution >= 4 is 5.91 Å². The van der Waals surface area contributed by atoms with E-state index in [1.807, 2.05) is 37.3 Å². The zero-order chi connectivity index (χ0) is 15.2. The van der Waals surface area contributed by atoms with E-state index in [2.05, 4.69) is 26.1 Å². The summed E-state index contributed by atoms with van der Waals surface area (Å²) in [6, 6.07) is 9.51. The topological polar surface area (TPSA) is 49.3 Å². The number of hydrogen-bond donors (Lipinski definition) is 2. The van der Waals surface area contributed by atoms with Crippen LogP contribution in [0.25, 0.3) is 0 Å². The lowest BCUT2D eigenvalue weighted by Crippen LogP contribution is -2.34. The van der Waals surface area contributed by atoms with E-state index in [1.54, 1.807) is 0 Å². The molecule has 2 N–H and O–H groups in total. The van der Waals surface area contributed by atoms with Crippen LogP contribution >= 0.6 is 0 Å². The lowest BCUT2D eigenvalue weighted by molar-refractivity contribution is -0.122. The van der Waals surface area contributed by atoms with Crippen molar-refractivity contribution in [1.29, 1.82) is 0 Å². The van der Waals surface area contributed by atoms with Gasteiger partial charge in [-0.1, -0.05) is 51.1 Å². The van der Waals surface area contributed by atoms with E-state index in [1.165, 1.54) is 0 Å². The van der Waals surface area contributed by atoms with Crippen molar-refractivity contribution in [2.75, 3.05) is 0 Å². The van der Waals surface area contributed by atoms with Gasteiger partial charge >= 0.3 is 0 Å². The van der Waals surface area contributed by atoms with Gasteiger partial charge < -0.3 is 10.4 Å². The Morgan fingerprint density at radius 2 is 1.85 bits per heavy atom. The molecule has 1 amide bonds. The minimum absolute atomic E-state index is 0.0299. The third-order valence-electron chi connectivity index (χ3n) is 3.27. The predicted molar refractivity (Wildman–Crippen MR) is 82.3 cm³/mol. The molecule has 0 saturated heterocycles. The van der Waals surface area contributed by atoms with Crippen molar-refractivity contribution in [2.45, 2.75) is 59.1 Å². The van der Waals surface area contributed by atoms with Crippen LogP contribution in [0.15, 0.2) is 30.3 Å². The summed E-state index contributed by atoms with van der Waals surface area (Å²) in [6.07, 6.45) is 1.40. The van der Waals surface area contributed by atoms with Crippen LogP contribution in [-0.4, -0.2) is 17.1 Å². The van der Waals surface area contributed by atoms with Gasteiger partial charge in [0.05, 0.1) is 6.10 Å². The van der Waals surface area contributed by atoms with Gasteiger partial charge in [-0.2, -0.15) is 0 Å². The lowest BCUT2D eigenvalue weighted by atomic mass is 9.90. The van der Waals surface area contributed by atoms with Crippen molar-refractivity contribution < 1.29 is 9.90 Å². The summed E-state index contributed by atoms with van der Waals surface area (Å²) in [5, 5.41) is 13.1. The molecule has 3 nitrogen and oxygen atoms in total. The molecular formula is C17H27NO2. The van der Waals surface area contributed by atoms with E-state index in [0.717, 1.165) is 12.0 Å². The number of carbonyl (C=O) groups is 1. The Hall–Kier alpha value is -1.35. The molecule has 2 atom stereocenters. The van der Waals surface area contributed by atoms with Crippen LogP contribution in [0.1, 0.15) is 58.6 Å². The SMILES string of the molecule is CC(CC(O)c1ccccc1)NC(=O)CCC(C)(C)C. The molecule has 0 bridgehead atoms. The largest absolute Gasteiger partial charge is 0.388 e. The molecular weight excluding hydrogens is 250 g/mol. The van der Waals surface area contributed by atoms with Gasteiger partial charge in [0.2, 0.25) is 5.91 Å². The van der Waals surface area contributed by atoms with E-state index in [-0.39, 0.29) is 17.4 Å². The Kier molecular flexibility index (Phi) is 6.21. The molecule has 3 heteroatoms. The first kappa shape index (κ1) is 16.7. The number of nitrogens with one attached hydrogen (secondary N) is 1. The maximum absolute atomic E-state index is 11.8. The fourth-order valence-electron chi connectivity index (χ4n) is 2.04. The minimum atomic E-state index is -0.533. The number of hydrogen-bond acceptors (Lipinski definition) is 2. The number of amides is 1. The maximum atomic E-state index is 11.8. The van der Waals surface area contributed by atoms with Crippen LogP contribution in [-0.2, 0) is 4.79 Å². The van der Waals surface area contributed by atoms with Gasteiger partial charge in [-0.15, -0.1) is 0 Å². The highest BCUT2D eigenvalue weighted by atomic mass is 16.3. The number of benzene rings is 1. The first-order valence-electron chi connectivity index (χ1n) is 7.30. The summed E-state index contributed by atoms with van der Waals surface area (Å²) in [5.41, 5.74) is 1.06. The third-order valence-corrected chi connectivity index (χ3v) is 3.27. The molecule has 112 valence electrons. The fraction of sp³-hybridized carbons (Fsp3) is 0.588. The number of aliphatic hydroxyl groups excluding tert-OH is 1. The van der Waals surface area contributed by atoms with E-state index < -0.39 is 6.10 Å². The van der Waals surface area contributed by atoms with Crippen LogP contribution < -0.4 is 5.32 Å². The van der Waals surface area contributed by atoms with Crippen molar-refractivity contribution in [2.24, 2.45) is 5.41 Å². The highest BCUT2D eigenvalue weighted by Gasteiger charge is 2.16. The highest BCUT2D eigenvalue weighted by Crippen LogP contribution is 2.21. The second-order valence-electron chi connectivity index (χ2n) is 6.69. The zero-order valence-electron chi connectivity index (χ0n) is 13.0. The van der Waals surface area contributed by atoms with Crippen LogP contribution in [0.3, 0.4) is 0 Å². The molecule has 0 aliphatic heterocycles. The Bertz CT molecular complexity index is 409. The normalized spacial score (nSPS) is 14.7. The molecule has 1 aromatic rings. The van der Waals surface area contributed by atoms with E-state index in [9.17, 15) is 9.90 Å². The molecule has 1 rings (SSSR count). The first-order valence-corrected chi connectivity index (χ1v) is 7.30. The fourth-order valence-corrected chi connectivity index (χ4v) is 2.04. The smallest absolute Gasteiger partial charge is 0.220 e. The van der Waals surface area contributed by atoms with E-state index in [4.69, 9.17) is 0 Å². The number of carbonyl (C=O) groups excluding carboxylic acids is 1. The second-order valence-corrected chi connectivity index (χ2v) is 6.69. The standard InChI is InChI=1S/C17H27NO2/c1-13(18-16(20)10-11-17(2,3)4)12-15(19)14-8-6-5-7-9-14/h5-9,13,15,19H,10-12H2,1-4H3,(H,18,20). The van der Waals surface area contributed by atoms with Gasteiger partial charge in [-0.3, -0.25) is 4.79 Å². The molecule has 0 radical (unpaired) electrons. The lowest BCUT2D eigenvalue weighted by Gasteiger charge is -2.20. The van der Waals surface area contributed by atoms with Gasteiger partial charge in [-0.25, -0.2) is 0 Å². The Labute approximate surface area is 122 Å². The summed E-state index contributed by atoms with van der Waals surface area (Å²) in [5.74, 6) is 0.0627. The molecule has 0 fully saturated rings. The van der Waals surface area contributed by atoms with Crippen LogP contribution in [0, 0.1) is 5.41 Å². The summed E-state index contributed by atoms with van der Waals surface area (Å²) >= 11 is 0. The van der Waals surface area contributed by atoms with Crippen LogP contribution in [0.5, 0.6) is 0 Å². The van der Waals surface area contributed by atoms with Crippen molar-refractivity contribution in [1.82, 2.24) is 5.32 Å². The van der Waals surface area contributed by atoms with Crippen LogP contribution in [0.2, 0.25) is 0 Å². The van der Waals surface area contributed by atoms with E-state index >= 15 is 0 Å². The molecule has 20 heavy (non-hydrogen) atoms. The molecule has 2 unspecified atom stereocenters. The number of aliphatic hydroxyl groups is 1. The first-order chi connectivity index (χ1) is 9.28. The quantitative estimate of drug-likeness (QED) is 0.837. The van der Waals surface area contributed by atoms with Crippen LogP contribution in [0.4, 0.5) is 0 Å². The monoisotopic (exact) mass is 277 g/mol. The molecule has 0 aromatic heterocycles. The van der Waals surface area contributed by atoms with Crippen molar-refractivity contribution in [3.63, 3.8) is 0 Å². The number of rotatable bonds is 6. The Morgan fingerprint density at radius 3 is 2.40 bits per heavy atom. The molecule has 0 aliphatic rings. The molecule has 0 saturated carbocycles. The van der Waals surface area contributed by atoms with Gasteiger partial charge in [0.25, 0.3) is 0 Å². The highest BCUT2D eigenvalue weighted by molar-refractivity contribution is 5.76. The average Bonchev–Trinajstić information content (AvgIpc) is 2.36. The van der Waals surface area contributed by atoms with Gasteiger partial charge in [-0.05, 0) is 30.7 Å². The summed E-state index contributed by atoms with van der Waals surface area (Å²) in [6.45, 7) is 8.32. The molecule has 0 heterocycles. The maximum Gasteiger partial charge on any atom is 0.220 e. The second kappa shape index (κ2) is 7.44. The summed E-state index contributed by atoms with van der Waals surface area (Å²) < 4.78 is 0. The molecule has 1 aromatic carbocycles. The van der Waals surface area contributed by atoms with E-state index in [0.29, 0.717) is 12.8 Å². The predicted octanol–water partition coefficient (Wildman–Crippen LogP) is 3.44.